The zero-order valence-corrected chi connectivity index (χ0v) is 15.4. The number of rotatable bonds is 5. The van der Waals surface area contributed by atoms with Crippen LogP contribution in [0.1, 0.15) is 25.3 Å². The Morgan fingerprint density at radius 2 is 1.76 bits per heavy atom. The Hall–Kier alpha value is -2.47. The molecule has 0 radical (unpaired) electrons. The molecule has 0 saturated heterocycles. The molecular weight excluding hydrogens is 372 g/mol. The van der Waals surface area contributed by atoms with E-state index in [0.717, 1.165) is 18.4 Å². The number of nitrogens with zero attached hydrogens (tertiary/aromatic N) is 1. The molecule has 1 aromatic rings. The molecule has 140 valence electrons. The van der Waals surface area contributed by atoms with Crippen LogP contribution in [0.15, 0.2) is 33.5 Å². The van der Waals surface area contributed by atoms with E-state index in [0.29, 0.717) is 6.54 Å². The Morgan fingerprint density at radius 1 is 1.20 bits per heavy atom. The number of sulfonamides is 1. The van der Waals surface area contributed by atoms with E-state index < -0.39 is 32.6 Å². The summed E-state index contributed by atoms with van der Waals surface area (Å²) >= 11 is 0. The van der Waals surface area contributed by atoms with Crippen molar-refractivity contribution in [1.82, 2.24) is 10.0 Å². The van der Waals surface area contributed by atoms with E-state index in [1.165, 1.54) is 12.1 Å². The van der Waals surface area contributed by atoms with Gasteiger partial charge in [0, 0.05) is 6.54 Å². The van der Waals surface area contributed by atoms with E-state index in [2.05, 4.69) is 15.4 Å². The van der Waals surface area contributed by atoms with Gasteiger partial charge in [-0.2, -0.15) is 8.42 Å². The molecule has 0 atom stereocenters. The predicted octanol–water partition coefficient (Wildman–Crippen LogP) is 0.911. The molecule has 0 spiro atoms. The number of primary amides is 1. The minimum Gasteiger partial charge on any atom is -0.349 e. The fraction of sp³-hybridized carbons (Fsp3) is 0.385. The lowest BCUT2D eigenvalue weighted by molar-refractivity contribution is 0.245. The molecule has 12 heteroatoms. The van der Waals surface area contributed by atoms with Gasteiger partial charge in [-0.25, -0.2) is 22.7 Å². The van der Waals surface area contributed by atoms with Crippen molar-refractivity contribution in [2.45, 2.75) is 31.6 Å². The molecule has 0 bridgehead atoms. The number of carbonyl (C=O) groups excluding carboxylic acids is 2. The first-order valence-corrected chi connectivity index (χ1v) is 9.58. The SMILES string of the molecule is CCCCNC(=O)NS(=O)(=O)c1ccc(C)cc1.NC(=O)N=S(=O)=O. The summed E-state index contributed by atoms with van der Waals surface area (Å²) in [5.41, 5.74) is 5.25. The van der Waals surface area contributed by atoms with Gasteiger partial charge in [0.2, 0.25) is 0 Å². The molecule has 10 nitrogen and oxygen atoms in total. The largest absolute Gasteiger partial charge is 0.353 e. The van der Waals surface area contributed by atoms with Crippen LogP contribution in [0.2, 0.25) is 0 Å². The number of carbonyl (C=O) groups is 2. The fourth-order valence-corrected chi connectivity index (χ4v) is 2.46. The smallest absolute Gasteiger partial charge is 0.349 e. The fourth-order valence-electron chi connectivity index (χ4n) is 1.39. The number of hydrogen-bond acceptors (Lipinski definition) is 6. The molecule has 0 heterocycles. The van der Waals surface area contributed by atoms with Gasteiger partial charge >= 0.3 is 22.6 Å². The van der Waals surface area contributed by atoms with Gasteiger partial charge in [0.25, 0.3) is 10.0 Å². The summed E-state index contributed by atoms with van der Waals surface area (Å²) in [5.74, 6) is 0. The molecule has 0 aliphatic rings. The third kappa shape index (κ3) is 10.8. The average molecular weight is 392 g/mol. The van der Waals surface area contributed by atoms with Gasteiger partial charge in [-0.3, -0.25) is 0 Å². The molecule has 0 aliphatic heterocycles. The highest BCUT2D eigenvalue weighted by Crippen LogP contribution is 2.09. The zero-order chi connectivity index (χ0) is 19.5. The molecule has 0 aliphatic carbocycles. The molecule has 4 amide bonds. The Balaban J connectivity index is 0.000000697. The second kappa shape index (κ2) is 11.1. The van der Waals surface area contributed by atoms with Crippen LogP contribution in [-0.4, -0.2) is 35.4 Å². The minimum absolute atomic E-state index is 0.0822. The molecule has 25 heavy (non-hydrogen) atoms. The molecule has 1 rings (SSSR count). The van der Waals surface area contributed by atoms with Crippen molar-refractivity contribution in [3.8, 4) is 0 Å². The highest BCUT2D eigenvalue weighted by molar-refractivity contribution is 7.90. The normalized spacial score (nSPS) is 10.0. The number of amides is 4. The lowest BCUT2D eigenvalue weighted by Gasteiger charge is -2.08. The quantitative estimate of drug-likeness (QED) is 0.630. The van der Waals surface area contributed by atoms with E-state index in [1.54, 1.807) is 12.1 Å². The Labute approximate surface area is 147 Å². The van der Waals surface area contributed by atoms with E-state index in [-0.39, 0.29) is 4.90 Å². The van der Waals surface area contributed by atoms with Crippen LogP contribution in [0.3, 0.4) is 0 Å². The number of unbranched alkanes of at least 4 members (excludes halogenated alkanes) is 1. The molecular formula is C13H20N4O6S2. The number of nitrogens with two attached hydrogens (primary N) is 1. The van der Waals surface area contributed by atoms with Gasteiger partial charge in [0.1, 0.15) is 0 Å². The summed E-state index contributed by atoms with van der Waals surface area (Å²) < 4.78 is 46.6. The topological polar surface area (TPSA) is 165 Å². The van der Waals surface area contributed by atoms with Gasteiger partial charge in [-0.1, -0.05) is 35.4 Å². The number of nitrogens with one attached hydrogen (secondary N) is 2. The summed E-state index contributed by atoms with van der Waals surface area (Å²) in [5, 5.41) is 2.49. The summed E-state index contributed by atoms with van der Waals surface area (Å²) in [7, 11) is -6.47. The second-order valence-corrected chi connectivity index (χ2v) is 6.97. The first kappa shape index (κ1) is 22.5. The molecule has 0 fully saturated rings. The van der Waals surface area contributed by atoms with Gasteiger partial charge in [0.05, 0.1) is 4.90 Å². The van der Waals surface area contributed by atoms with Gasteiger partial charge in [-0.15, -0.1) is 0 Å². The lowest BCUT2D eigenvalue weighted by atomic mass is 10.2. The second-order valence-electron chi connectivity index (χ2n) is 4.67. The van der Waals surface area contributed by atoms with Crippen LogP contribution >= 0.6 is 0 Å². The van der Waals surface area contributed by atoms with Crippen LogP contribution < -0.4 is 15.8 Å². The maximum Gasteiger partial charge on any atom is 0.353 e. The van der Waals surface area contributed by atoms with Crippen molar-refractivity contribution in [3.63, 3.8) is 0 Å². The first-order chi connectivity index (χ1) is 11.6. The number of aryl methyl sites for hydroxylation is 1. The van der Waals surface area contributed by atoms with E-state index in [9.17, 15) is 26.4 Å². The van der Waals surface area contributed by atoms with Crippen LogP contribution in [0.5, 0.6) is 0 Å². The summed E-state index contributed by atoms with van der Waals surface area (Å²) in [6.45, 7) is 4.32. The molecule has 0 unspecified atom stereocenters. The summed E-state index contributed by atoms with van der Waals surface area (Å²) in [6, 6.07) is 4.42. The number of urea groups is 2. The van der Waals surface area contributed by atoms with Crippen molar-refractivity contribution in [2.75, 3.05) is 6.54 Å². The average Bonchev–Trinajstić information content (AvgIpc) is 2.46. The molecule has 0 aromatic heterocycles. The number of hydrogen-bond donors (Lipinski definition) is 3. The Bertz CT molecular complexity index is 809. The third-order valence-corrected chi connectivity index (χ3v) is 4.21. The maximum atomic E-state index is 11.8. The van der Waals surface area contributed by atoms with E-state index in [1.807, 2.05) is 18.6 Å². The first-order valence-electron chi connectivity index (χ1n) is 7.06. The van der Waals surface area contributed by atoms with Crippen molar-refractivity contribution >= 4 is 32.6 Å². The standard InChI is InChI=1S/C12H18N2O3S.CH2N2O3S/c1-3-4-9-13-12(15)14-18(16,17)11-7-5-10(2)6-8-11;2-1(4)3-7(5)6/h5-8H,3-4,9H2,1-2H3,(H2,13,14,15);(H2,2,4). The highest BCUT2D eigenvalue weighted by Gasteiger charge is 2.16. The maximum absolute atomic E-state index is 11.8. The Morgan fingerprint density at radius 3 is 2.16 bits per heavy atom. The van der Waals surface area contributed by atoms with Crippen LogP contribution in [0.4, 0.5) is 9.59 Å². The third-order valence-electron chi connectivity index (χ3n) is 2.54. The molecule has 4 N–H and O–H groups in total. The van der Waals surface area contributed by atoms with Gasteiger partial charge < -0.3 is 11.1 Å². The molecule has 0 saturated carbocycles. The van der Waals surface area contributed by atoms with Crippen LogP contribution in [-0.2, 0) is 20.5 Å². The summed E-state index contributed by atoms with van der Waals surface area (Å²) in [4.78, 5) is 20.9. The Kier molecular flexibility index (Phi) is 10.0. The van der Waals surface area contributed by atoms with Crippen molar-refractivity contribution in [2.24, 2.45) is 10.1 Å². The van der Waals surface area contributed by atoms with Crippen molar-refractivity contribution in [3.05, 3.63) is 29.8 Å². The van der Waals surface area contributed by atoms with Gasteiger partial charge in [0.15, 0.2) is 0 Å². The van der Waals surface area contributed by atoms with E-state index >= 15 is 0 Å². The van der Waals surface area contributed by atoms with E-state index in [4.69, 9.17) is 0 Å². The molecule has 1 aromatic carbocycles. The predicted molar refractivity (Wildman–Crippen MR) is 90.7 cm³/mol. The lowest BCUT2D eigenvalue weighted by Crippen LogP contribution is -2.39. The van der Waals surface area contributed by atoms with Crippen LogP contribution in [0.25, 0.3) is 0 Å². The zero-order valence-electron chi connectivity index (χ0n) is 13.7. The van der Waals surface area contributed by atoms with Gasteiger partial charge in [-0.05, 0) is 25.5 Å². The van der Waals surface area contributed by atoms with Crippen molar-refractivity contribution in [1.29, 1.82) is 0 Å². The summed E-state index contributed by atoms with van der Waals surface area (Å²) in [6.07, 6.45) is 1.75. The number of benzene rings is 1. The monoisotopic (exact) mass is 392 g/mol. The van der Waals surface area contributed by atoms with Crippen LogP contribution in [0, 0.1) is 6.92 Å². The van der Waals surface area contributed by atoms with Crippen molar-refractivity contribution < 1.29 is 26.4 Å². The highest BCUT2D eigenvalue weighted by atomic mass is 32.2. The minimum atomic E-state index is -3.78.